The molecule has 0 unspecified atom stereocenters. The number of carbonyl (C=O) groups excluding carboxylic acids is 3. The molecule has 0 fully saturated rings. The molecule has 2 aliphatic heterocycles. The zero-order valence-corrected chi connectivity index (χ0v) is 16.1. The molecule has 8 nitrogen and oxygen atoms in total. The maximum absolute atomic E-state index is 12.9. The standard InChI is InChI=1S/C22H21N5O3/c23-21(29)19-9-13(7-8-24-19)12-25-18-4-2-1-3-16(18)22(30)26-15-5-6-17-14(10-15)11-20(28)27-17/h1-7,9-10,24-25H,8,11-12H2,(H2,23,29)(H,26,30)(H,27,28). The Morgan fingerprint density at radius 1 is 1.13 bits per heavy atom. The van der Waals surface area contributed by atoms with Gasteiger partial charge in [0.15, 0.2) is 0 Å². The number of primary amides is 1. The van der Waals surface area contributed by atoms with E-state index in [2.05, 4.69) is 21.3 Å². The van der Waals surface area contributed by atoms with E-state index in [1.165, 1.54) is 0 Å². The molecule has 3 amide bonds. The molecule has 0 aromatic heterocycles. The van der Waals surface area contributed by atoms with Crippen LogP contribution in [0.4, 0.5) is 17.1 Å². The lowest BCUT2D eigenvalue weighted by Crippen LogP contribution is -2.29. The Labute approximate surface area is 173 Å². The molecule has 0 saturated carbocycles. The normalized spacial score (nSPS) is 14.6. The predicted octanol–water partition coefficient (Wildman–Crippen LogP) is 1.74. The van der Waals surface area contributed by atoms with Crippen molar-refractivity contribution in [2.45, 2.75) is 6.42 Å². The van der Waals surface area contributed by atoms with Crippen molar-refractivity contribution in [1.82, 2.24) is 5.32 Å². The highest BCUT2D eigenvalue weighted by molar-refractivity contribution is 6.08. The lowest BCUT2D eigenvalue weighted by Gasteiger charge is -2.16. The van der Waals surface area contributed by atoms with Gasteiger partial charge in [0, 0.05) is 30.2 Å². The number of amides is 3. The Morgan fingerprint density at radius 2 is 1.97 bits per heavy atom. The Hall–Kier alpha value is -4.07. The average molecular weight is 403 g/mol. The summed E-state index contributed by atoms with van der Waals surface area (Å²) in [7, 11) is 0. The van der Waals surface area contributed by atoms with Crippen LogP contribution in [0.25, 0.3) is 0 Å². The van der Waals surface area contributed by atoms with E-state index in [1.54, 1.807) is 36.4 Å². The Bertz CT molecular complexity index is 1100. The molecule has 4 rings (SSSR count). The van der Waals surface area contributed by atoms with Crippen LogP contribution in [0, 0.1) is 0 Å². The SMILES string of the molecule is NC(=O)C1=CC(CNc2ccccc2C(=O)Nc2ccc3c(c2)CC(=O)N3)=CCN1. The summed E-state index contributed by atoms with van der Waals surface area (Å²) in [5.41, 5.74) is 10.0. The molecule has 152 valence electrons. The van der Waals surface area contributed by atoms with Gasteiger partial charge in [-0.25, -0.2) is 0 Å². The van der Waals surface area contributed by atoms with Gasteiger partial charge in [-0.1, -0.05) is 18.2 Å². The van der Waals surface area contributed by atoms with E-state index in [-0.39, 0.29) is 11.8 Å². The summed E-state index contributed by atoms with van der Waals surface area (Å²) in [6.45, 7) is 0.957. The van der Waals surface area contributed by atoms with E-state index in [1.807, 2.05) is 18.2 Å². The molecule has 2 aromatic carbocycles. The van der Waals surface area contributed by atoms with Gasteiger partial charge < -0.3 is 27.0 Å². The molecule has 0 bridgehead atoms. The highest BCUT2D eigenvalue weighted by Gasteiger charge is 2.19. The van der Waals surface area contributed by atoms with Crippen LogP contribution in [0.1, 0.15) is 15.9 Å². The second-order valence-corrected chi connectivity index (χ2v) is 7.03. The van der Waals surface area contributed by atoms with Crippen molar-refractivity contribution in [1.29, 1.82) is 0 Å². The smallest absolute Gasteiger partial charge is 0.264 e. The minimum Gasteiger partial charge on any atom is -0.380 e. The molecule has 0 radical (unpaired) electrons. The molecule has 0 atom stereocenters. The minimum atomic E-state index is -0.508. The van der Waals surface area contributed by atoms with Gasteiger partial charge in [0.25, 0.3) is 11.8 Å². The lowest BCUT2D eigenvalue weighted by atomic mass is 10.1. The van der Waals surface area contributed by atoms with Gasteiger partial charge in [-0.05, 0) is 47.5 Å². The molecule has 2 heterocycles. The zero-order chi connectivity index (χ0) is 21.1. The first kappa shape index (κ1) is 19.3. The van der Waals surface area contributed by atoms with Crippen molar-refractivity contribution in [2.75, 3.05) is 29.0 Å². The van der Waals surface area contributed by atoms with E-state index < -0.39 is 5.91 Å². The quantitative estimate of drug-likeness (QED) is 0.502. The fourth-order valence-electron chi connectivity index (χ4n) is 3.41. The van der Waals surface area contributed by atoms with Crippen molar-refractivity contribution in [3.63, 3.8) is 0 Å². The van der Waals surface area contributed by atoms with Gasteiger partial charge in [-0.15, -0.1) is 0 Å². The molecule has 30 heavy (non-hydrogen) atoms. The van der Waals surface area contributed by atoms with Gasteiger partial charge in [0.1, 0.15) is 5.70 Å². The molecule has 0 aliphatic carbocycles. The summed E-state index contributed by atoms with van der Waals surface area (Å²) in [6.07, 6.45) is 3.95. The Balaban J connectivity index is 1.46. The number of rotatable bonds is 6. The van der Waals surface area contributed by atoms with Gasteiger partial charge in [-0.2, -0.15) is 0 Å². The fraction of sp³-hybridized carbons (Fsp3) is 0.136. The van der Waals surface area contributed by atoms with Crippen molar-refractivity contribution >= 4 is 34.8 Å². The van der Waals surface area contributed by atoms with E-state index in [9.17, 15) is 14.4 Å². The Morgan fingerprint density at radius 3 is 2.80 bits per heavy atom. The summed E-state index contributed by atoms with van der Waals surface area (Å²) < 4.78 is 0. The molecule has 0 saturated heterocycles. The molecular weight excluding hydrogens is 382 g/mol. The monoisotopic (exact) mass is 403 g/mol. The largest absolute Gasteiger partial charge is 0.380 e. The van der Waals surface area contributed by atoms with Crippen LogP contribution in [-0.2, 0) is 16.0 Å². The summed E-state index contributed by atoms with van der Waals surface area (Å²) in [6, 6.07) is 12.5. The van der Waals surface area contributed by atoms with Crippen molar-refractivity contribution in [3.8, 4) is 0 Å². The van der Waals surface area contributed by atoms with Crippen LogP contribution in [0.3, 0.4) is 0 Å². The number of nitrogens with one attached hydrogen (secondary N) is 4. The maximum Gasteiger partial charge on any atom is 0.264 e. The van der Waals surface area contributed by atoms with E-state index in [0.717, 1.165) is 16.8 Å². The van der Waals surface area contributed by atoms with E-state index in [4.69, 9.17) is 5.73 Å². The van der Waals surface area contributed by atoms with Gasteiger partial charge in [0.2, 0.25) is 5.91 Å². The highest BCUT2D eigenvalue weighted by atomic mass is 16.2. The average Bonchev–Trinajstić information content (AvgIpc) is 3.12. The van der Waals surface area contributed by atoms with Crippen LogP contribution < -0.4 is 27.0 Å². The second kappa shape index (κ2) is 8.12. The lowest BCUT2D eigenvalue weighted by molar-refractivity contribution is -0.115. The third-order valence-electron chi connectivity index (χ3n) is 4.89. The zero-order valence-electron chi connectivity index (χ0n) is 16.1. The summed E-state index contributed by atoms with van der Waals surface area (Å²) in [5, 5.41) is 11.8. The molecule has 8 heteroatoms. The summed E-state index contributed by atoms with van der Waals surface area (Å²) in [5.74, 6) is -0.821. The van der Waals surface area contributed by atoms with Crippen molar-refractivity contribution in [2.24, 2.45) is 5.73 Å². The van der Waals surface area contributed by atoms with Gasteiger partial charge >= 0.3 is 0 Å². The van der Waals surface area contributed by atoms with Crippen LogP contribution in [0.5, 0.6) is 0 Å². The minimum absolute atomic E-state index is 0.0521. The summed E-state index contributed by atoms with van der Waals surface area (Å²) in [4.78, 5) is 35.7. The Kier molecular flexibility index (Phi) is 5.21. The number of para-hydroxylation sites is 1. The topological polar surface area (TPSA) is 125 Å². The van der Waals surface area contributed by atoms with Gasteiger partial charge in [-0.3, -0.25) is 14.4 Å². The first-order valence-corrected chi connectivity index (χ1v) is 9.51. The number of carbonyl (C=O) groups is 3. The third kappa shape index (κ3) is 4.17. The number of hydrogen-bond acceptors (Lipinski definition) is 5. The third-order valence-corrected chi connectivity index (χ3v) is 4.89. The molecule has 0 spiro atoms. The predicted molar refractivity (Wildman–Crippen MR) is 115 cm³/mol. The fourth-order valence-corrected chi connectivity index (χ4v) is 3.41. The number of nitrogens with two attached hydrogens (primary N) is 1. The number of dihydropyridines is 1. The van der Waals surface area contributed by atoms with Crippen LogP contribution in [0.15, 0.2) is 65.9 Å². The number of anilines is 3. The molecule has 2 aromatic rings. The van der Waals surface area contributed by atoms with Crippen molar-refractivity contribution in [3.05, 3.63) is 77.0 Å². The maximum atomic E-state index is 12.9. The van der Waals surface area contributed by atoms with E-state index >= 15 is 0 Å². The molecular formula is C22H21N5O3. The second-order valence-electron chi connectivity index (χ2n) is 7.03. The van der Waals surface area contributed by atoms with E-state index in [0.29, 0.717) is 42.1 Å². The summed E-state index contributed by atoms with van der Waals surface area (Å²) >= 11 is 0. The first-order valence-electron chi connectivity index (χ1n) is 9.51. The number of benzene rings is 2. The first-order chi connectivity index (χ1) is 14.5. The molecule has 2 aliphatic rings. The number of fused-ring (bicyclic) bond motifs is 1. The van der Waals surface area contributed by atoms with Crippen LogP contribution in [0.2, 0.25) is 0 Å². The van der Waals surface area contributed by atoms with Crippen LogP contribution >= 0.6 is 0 Å². The van der Waals surface area contributed by atoms with Gasteiger partial charge in [0.05, 0.1) is 12.0 Å². The number of hydrogen-bond donors (Lipinski definition) is 5. The van der Waals surface area contributed by atoms with Crippen LogP contribution in [-0.4, -0.2) is 30.8 Å². The highest BCUT2D eigenvalue weighted by Crippen LogP contribution is 2.27. The van der Waals surface area contributed by atoms with Crippen molar-refractivity contribution < 1.29 is 14.4 Å². The molecule has 6 N–H and O–H groups in total.